The first-order valence-electron chi connectivity index (χ1n) is 6.59. The van der Waals surface area contributed by atoms with E-state index in [4.69, 9.17) is 10.5 Å². The van der Waals surface area contributed by atoms with Crippen molar-refractivity contribution in [1.29, 1.82) is 0 Å². The predicted octanol–water partition coefficient (Wildman–Crippen LogP) is 0.337. The minimum Gasteiger partial charge on any atom is -0.491 e. The van der Waals surface area contributed by atoms with Crippen molar-refractivity contribution in [3.63, 3.8) is 0 Å². The van der Waals surface area contributed by atoms with Crippen LogP contribution in [0.25, 0.3) is 0 Å². The molecule has 1 rings (SSSR count). The van der Waals surface area contributed by atoms with Crippen molar-refractivity contribution in [1.82, 2.24) is 10.0 Å². The number of nitrogen functional groups attached to an aromatic ring is 1. The second kappa shape index (κ2) is 7.84. The average molecular weight is 315 g/mol. The summed E-state index contributed by atoms with van der Waals surface area (Å²) in [4.78, 5) is 12.1. The third-order valence-corrected chi connectivity index (χ3v) is 3.31. The fourth-order valence-corrected chi connectivity index (χ4v) is 2.20. The van der Waals surface area contributed by atoms with Crippen LogP contribution in [0, 0.1) is 0 Å². The van der Waals surface area contributed by atoms with E-state index in [9.17, 15) is 13.2 Å². The molecule has 1 aromatic rings. The number of hydrogen-bond acceptors (Lipinski definition) is 5. The largest absolute Gasteiger partial charge is 0.491 e. The highest BCUT2D eigenvalue weighted by Gasteiger charge is 2.14. The topological polar surface area (TPSA) is 111 Å². The van der Waals surface area contributed by atoms with Crippen molar-refractivity contribution in [2.24, 2.45) is 0 Å². The van der Waals surface area contributed by atoms with Gasteiger partial charge in [-0.3, -0.25) is 4.79 Å². The first-order chi connectivity index (χ1) is 9.85. The maximum atomic E-state index is 12.1. The van der Waals surface area contributed by atoms with Crippen LogP contribution in [0.5, 0.6) is 5.75 Å². The number of nitrogens with two attached hydrogens (primary N) is 1. The molecule has 0 fully saturated rings. The van der Waals surface area contributed by atoms with Gasteiger partial charge in [0.05, 0.1) is 24.1 Å². The molecule has 0 aromatic heterocycles. The van der Waals surface area contributed by atoms with Gasteiger partial charge in [0, 0.05) is 13.1 Å². The number of amides is 1. The van der Waals surface area contributed by atoms with E-state index < -0.39 is 10.0 Å². The molecular weight excluding hydrogens is 294 g/mol. The van der Waals surface area contributed by atoms with Gasteiger partial charge in [-0.1, -0.05) is 6.07 Å². The molecular formula is C13H21N3O4S. The number of para-hydroxylation sites is 1. The molecule has 1 aromatic carbocycles. The normalized spacial score (nSPS) is 11.1. The highest BCUT2D eigenvalue weighted by Crippen LogP contribution is 2.26. The standard InChI is InChI=1S/C13H21N3O4S/c1-3-20-12-10(6-4-7-11(12)14)13(17)15-8-5-9-16-21(2,18)19/h4,6-7,16H,3,5,8-9,14H2,1-2H3,(H,15,17). The quantitative estimate of drug-likeness (QED) is 0.473. The highest BCUT2D eigenvalue weighted by atomic mass is 32.2. The Morgan fingerprint density at radius 2 is 2.05 bits per heavy atom. The minimum absolute atomic E-state index is 0.272. The van der Waals surface area contributed by atoms with Crippen LogP contribution in [0.2, 0.25) is 0 Å². The van der Waals surface area contributed by atoms with Gasteiger partial charge in [-0.2, -0.15) is 0 Å². The molecule has 0 heterocycles. The molecule has 0 spiro atoms. The average Bonchev–Trinajstić information content (AvgIpc) is 2.39. The van der Waals surface area contributed by atoms with Gasteiger partial charge in [-0.25, -0.2) is 13.1 Å². The molecule has 0 aliphatic heterocycles. The number of anilines is 1. The monoisotopic (exact) mass is 315 g/mol. The molecule has 0 atom stereocenters. The fourth-order valence-electron chi connectivity index (χ4n) is 1.68. The molecule has 0 saturated heterocycles. The number of hydrogen-bond donors (Lipinski definition) is 3. The molecule has 1 amide bonds. The van der Waals surface area contributed by atoms with Crippen LogP contribution in [0.1, 0.15) is 23.7 Å². The first-order valence-corrected chi connectivity index (χ1v) is 8.48. The lowest BCUT2D eigenvalue weighted by atomic mass is 10.1. The molecule has 0 radical (unpaired) electrons. The lowest BCUT2D eigenvalue weighted by Gasteiger charge is -2.12. The number of rotatable bonds is 8. The van der Waals surface area contributed by atoms with Gasteiger partial charge in [0.15, 0.2) is 5.75 Å². The van der Waals surface area contributed by atoms with Crippen LogP contribution in [0.3, 0.4) is 0 Å². The third kappa shape index (κ3) is 6.01. The molecule has 0 aliphatic carbocycles. The summed E-state index contributed by atoms with van der Waals surface area (Å²) >= 11 is 0. The Balaban J connectivity index is 2.54. The summed E-state index contributed by atoms with van der Waals surface area (Å²) in [5.74, 6) is 0.0665. The zero-order valence-corrected chi connectivity index (χ0v) is 13.0. The zero-order valence-electron chi connectivity index (χ0n) is 12.2. The number of ether oxygens (including phenoxy) is 1. The predicted molar refractivity (Wildman–Crippen MR) is 81.8 cm³/mol. The van der Waals surface area contributed by atoms with Gasteiger partial charge in [0.2, 0.25) is 10.0 Å². The smallest absolute Gasteiger partial charge is 0.255 e. The fraction of sp³-hybridized carbons (Fsp3) is 0.462. The molecule has 7 nitrogen and oxygen atoms in total. The van der Waals surface area contributed by atoms with E-state index in [2.05, 4.69) is 10.0 Å². The van der Waals surface area contributed by atoms with Crippen molar-refractivity contribution in [3.05, 3.63) is 23.8 Å². The Bertz CT molecular complexity index is 587. The van der Waals surface area contributed by atoms with Gasteiger partial charge in [-0.05, 0) is 25.5 Å². The summed E-state index contributed by atoms with van der Waals surface area (Å²) in [6.07, 6.45) is 1.58. The molecule has 0 aliphatic rings. The van der Waals surface area contributed by atoms with Gasteiger partial charge in [0.25, 0.3) is 5.91 Å². The Morgan fingerprint density at radius 1 is 1.33 bits per heavy atom. The summed E-state index contributed by atoms with van der Waals surface area (Å²) in [7, 11) is -3.20. The summed E-state index contributed by atoms with van der Waals surface area (Å²) in [5, 5.41) is 2.70. The van der Waals surface area contributed by atoms with Crippen molar-refractivity contribution < 1.29 is 17.9 Å². The van der Waals surface area contributed by atoms with E-state index in [1.54, 1.807) is 18.2 Å². The van der Waals surface area contributed by atoms with Crippen molar-refractivity contribution in [3.8, 4) is 5.75 Å². The van der Waals surface area contributed by atoms with Crippen LogP contribution in [0.15, 0.2) is 18.2 Å². The molecule has 8 heteroatoms. The van der Waals surface area contributed by atoms with Crippen LogP contribution in [-0.2, 0) is 10.0 Å². The number of benzene rings is 1. The molecule has 0 unspecified atom stereocenters. The van der Waals surface area contributed by atoms with E-state index in [0.29, 0.717) is 36.6 Å². The molecule has 0 saturated carbocycles. The maximum Gasteiger partial charge on any atom is 0.255 e. The highest BCUT2D eigenvalue weighted by molar-refractivity contribution is 7.88. The SMILES string of the molecule is CCOc1c(N)cccc1C(=O)NCCCNS(C)(=O)=O. The van der Waals surface area contributed by atoms with Crippen LogP contribution in [-0.4, -0.2) is 40.3 Å². The van der Waals surface area contributed by atoms with Crippen LogP contribution < -0.4 is 20.5 Å². The number of sulfonamides is 1. The van der Waals surface area contributed by atoms with Crippen molar-refractivity contribution >= 4 is 21.6 Å². The number of carbonyl (C=O) groups is 1. The lowest BCUT2D eigenvalue weighted by molar-refractivity contribution is 0.0949. The summed E-state index contributed by atoms with van der Waals surface area (Å²) in [6.45, 7) is 2.84. The Hall–Kier alpha value is -1.80. The number of carbonyl (C=O) groups excluding carboxylic acids is 1. The van der Waals surface area contributed by atoms with E-state index in [-0.39, 0.29) is 12.5 Å². The Labute approximate surface area is 124 Å². The van der Waals surface area contributed by atoms with E-state index in [0.717, 1.165) is 6.26 Å². The zero-order chi connectivity index (χ0) is 15.9. The van der Waals surface area contributed by atoms with Gasteiger partial charge in [0.1, 0.15) is 0 Å². The maximum absolute atomic E-state index is 12.1. The Kier molecular flexibility index (Phi) is 6.44. The van der Waals surface area contributed by atoms with E-state index in [1.165, 1.54) is 0 Å². The Morgan fingerprint density at radius 3 is 2.67 bits per heavy atom. The molecule has 0 bridgehead atoms. The molecule has 118 valence electrons. The van der Waals surface area contributed by atoms with E-state index >= 15 is 0 Å². The van der Waals surface area contributed by atoms with Gasteiger partial charge < -0.3 is 15.8 Å². The summed E-state index contributed by atoms with van der Waals surface area (Å²) in [6, 6.07) is 4.97. The van der Waals surface area contributed by atoms with E-state index in [1.807, 2.05) is 6.92 Å². The second-order valence-electron chi connectivity index (χ2n) is 4.43. The molecule has 21 heavy (non-hydrogen) atoms. The number of nitrogens with one attached hydrogen (secondary N) is 2. The third-order valence-electron chi connectivity index (χ3n) is 2.58. The first kappa shape index (κ1) is 17.3. The summed E-state index contributed by atoms with van der Waals surface area (Å²) in [5.41, 5.74) is 6.56. The molecule has 4 N–H and O–H groups in total. The van der Waals surface area contributed by atoms with Crippen LogP contribution >= 0.6 is 0 Å². The van der Waals surface area contributed by atoms with Crippen molar-refractivity contribution in [2.45, 2.75) is 13.3 Å². The van der Waals surface area contributed by atoms with Gasteiger partial charge >= 0.3 is 0 Å². The van der Waals surface area contributed by atoms with Crippen molar-refractivity contribution in [2.75, 3.05) is 31.7 Å². The van der Waals surface area contributed by atoms with Gasteiger partial charge in [-0.15, -0.1) is 0 Å². The second-order valence-corrected chi connectivity index (χ2v) is 6.27. The lowest BCUT2D eigenvalue weighted by Crippen LogP contribution is -2.29. The minimum atomic E-state index is -3.20. The summed E-state index contributed by atoms with van der Waals surface area (Å²) < 4.78 is 29.5. The van der Waals surface area contributed by atoms with Crippen LogP contribution in [0.4, 0.5) is 5.69 Å².